The topological polar surface area (TPSA) is 51.9 Å². The summed E-state index contributed by atoms with van der Waals surface area (Å²) in [6.07, 6.45) is 20.0. The van der Waals surface area contributed by atoms with Gasteiger partial charge in [-0.3, -0.25) is 4.79 Å². The predicted molar refractivity (Wildman–Crippen MR) is 178 cm³/mol. The van der Waals surface area contributed by atoms with Crippen molar-refractivity contribution in [2.45, 2.75) is 111 Å². The summed E-state index contributed by atoms with van der Waals surface area (Å²) in [5.41, 5.74) is 2.58. The molecule has 1 aromatic heterocycles. The van der Waals surface area contributed by atoms with Crippen LogP contribution < -0.4 is 18.8 Å². The van der Waals surface area contributed by atoms with Gasteiger partial charge in [0, 0.05) is 18.2 Å². The number of rotatable bonds is 22. The van der Waals surface area contributed by atoms with E-state index in [1.54, 1.807) is 14.2 Å². The summed E-state index contributed by atoms with van der Waals surface area (Å²) in [6, 6.07) is 17.4. The monoisotopic (exact) mass is 603 g/mol. The molecule has 0 fully saturated rings. The minimum Gasteiger partial charge on any atom is -0.496 e. The molecule has 240 valence electrons. The number of methoxy groups -OCH3 is 2. The van der Waals surface area contributed by atoms with E-state index in [0.717, 1.165) is 29.8 Å². The van der Waals surface area contributed by atoms with E-state index in [9.17, 15) is 4.79 Å². The highest BCUT2D eigenvalue weighted by Gasteiger charge is 2.21. The largest absolute Gasteiger partial charge is 0.496 e. The molecular formula is C38H55N2O4+. The molecule has 1 heterocycles. The molecule has 0 aliphatic rings. The number of amides is 1. The van der Waals surface area contributed by atoms with Crippen molar-refractivity contribution in [3.8, 4) is 17.2 Å². The van der Waals surface area contributed by atoms with Crippen molar-refractivity contribution < 1.29 is 23.6 Å². The van der Waals surface area contributed by atoms with Crippen molar-refractivity contribution in [3.63, 3.8) is 0 Å². The van der Waals surface area contributed by atoms with E-state index in [1.165, 1.54) is 70.6 Å². The van der Waals surface area contributed by atoms with Gasteiger partial charge in [-0.25, -0.2) is 4.57 Å². The second-order valence-electron chi connectivity index (χ2n) is 11.6. The number of aryl methyl sites for hydroxylation is 1. The van der Waals surface area contributed by atoms with Crippen LogP contribution in [0.1, 0.15) is 112 Å². The first-order chi connectivity index (χ1) is 21.6. The second-order valence-corrected chi connectivity index (χ2v) is 11.6. The van der Waals surface area contributed by atoms with Gasteiger partial charge in [0.15, 0.2) is 23.9 Å². The molecule has 6 heteroatoms. The summed E-state index contributed by atoms with van der Waals surface area (Å²) in [5, 5.41) is 0. The molecule has 0 atom stereocenters. The fourth-order valence-corrected chi connectivity index (χ4v) is 5.55. The normalized spacial score (nSPS) is 10.9. The summed E-state index contributed by atoms with van der Waals surface area (Å²) < 4.78 is 19.5. The molecule has 3 rings (SSSR count). The average molecular weight is 604 g/mol. The van der Waals surface area contributed by atoms with Crippen LogP contribution in [0.25, 0.3) is 0 Å². The lowest BCUT2D eigenvalue weighted by molar-refractivity contribution is -0.694. The average Bonchev–Trinajstić information content (AvgIpc) is 3.06. The number of hydrogen-bond acceptors (Lipinski definition) is 4. The number of hydrogen-bond donors (Lipinski definition) is 0. The highest BCUT2D eigenvalue weighted by Crippen LogP contribution is 2.30. The highest BCUT2D eigenvalue weighted by atomic mass is 16.5. The van der Waals surface area contributed by atoms with E-state index in [1.807, 2.05) is 59.6 Å². The van der Waals surface area contributed by atoms with Gasteiger partial charge in [0.05, 0.1) is 32.9 Å². The molecule has 6 nitrogen and oxygen atoms in total. The Kier molecular flexibility index (Phi) is 16.2. The molecule has 2 aromatic carbocycles. The maximum Gasteiger partial charge on any atom is 0.258 e. The molecule has 0 N–H and O–H groups in total. The molecule has 0 spiro atoms. The van der Waals surface area contributed by atoms with Gasteiger partial charge in [0.25, 0.3) is 5.91 Å². The van der Waals surface area contributed by atoms with E-state index in [0.29, 0.717) is 36.8 Å². The van der Waals surface area contributed by atoms with Gasteiger partial charge in [-0.05, 0) is 49.2 Å². The fraction of sp³-hybridized carbons (Fsp3) is 0.526. The van der Waals surface area contributed by atoms with Crippen LogP contribution in [0, 0.1) is 0 Å². The van der Waals surface area contributed by atoms with Crippen LogP contribution in [-0.4, -0.2) is 31.6 Å². The molecule has 0 aliphatic carbocycles. The molecule has 1 amide bonds. The fourth-order valence-electron chi connectivity index (χ4n) is 5.55. The quantitative estimate of drug-likeness (QED) is 0.0850. The van der Waals surface area contributed by atoms with E-state index < -0.39 is 0 Å². The zero-order valence-corrected chi connectivity index (χ0v) is 27.7. The molecule has 0 saturated heterocycles. The number of nitrogens with zero attached hydrogens (tertiary/aromatic N) is 2. The lowest BCUT2D eigenvalue weighted by Gasteiger charge is -2.24. The Labute approximate surface area is 266 Å². The first-order valence-corrected chi connectivity index (χ1v) is 16.8. The first-order valence-electron chi connectivity index (χ1n) is 16.8. The van der Waals surface area contributed by atoms with Crippen LogP contribution in [0.5, 0.6) is 17.2 Å². The summed E-state index contributed by atoms with van der Waals surface area (Å²) in [4.78, 5) is 15.7. The maximum absolute atomic E-state index is 13.8. The Balaban J connectivity index is 1.55. The lowest BCUT2D eigenvalue weighted by atomic mass is 10.1. The third kappa shape index (κ3) is 11.9. The van der Waals surface area contributed by atoms with Crippen LogP contribution in [0.2, 0.25) is 0 Å². The number of benzene rings is 2. The Hall–Kier alpha value is -3.54. The van der Waals surface area contributed by atoms with Crippen molar-refractivity contribution in [2.75, 3.05) is 20.8 Å². The van der Waals surface area contributed by atoms with Crippen LogP contribution in [0.15, 0.2) is 67.0 Å². The minimum atomic E-state index is -0.0828. The second kappa shape index (κ2) is 20.4. The summed E-state index contributed by atoms with van der Waals surface area (Å²) in [7, 11) is 3.26. The molecule has 0 radical (unpaired) electrons. The molecule has 0 unspecified atom stereocenters. The Morgan fingerprint density at radius 3 is 1.98 bits per heavy atom. The molecule has 3 aromatic rings. The SMILES string of the molecule is CCCCCCCCCCCCCCOc1ccc(CN(Cc2ccc[n+](CC)c2)C(=O)c2ccccc2OC)cc1OC. The van der Waals surface area contributed by atoms with Crippen molar-refractivity contribution in [1.82, 2.24) is 4.90 Å². The third-order valence-electron chi connectivity index (χ3n) is 8.14. The van der Waals surface area contributed by atoms with Crippen molar-refractivity contribution in [1.29, 1.82) is 0 Å². The van der Waals surface area contributed by atoms with Gasteiger partial charge in [-0.15, -0.1) is 0 Å². The number of pyridine rings is 1. The van der Waals surface area contributed by atoms with Gasteiger partial charge in [-0.1, -0.05) is 95.8 Å². The molecule has 0 saturated carbocycles. The maximum atomic E-state index is 13.8. The van der Waals surface area contributed by atoms with Crippen LogP contribution in [0.3, 0.4) is 0 Å². The summed E-state index contributed by atoms with van der Waals surface area (Å²) in [5.74, 6) is 1.92. The molecular weight excluding hydrogens is 548 g/mol. The zero-order valence-electron chi connectivity index (χ0n) is 27.7. The third-order valence-corrected chi connectivity index (χ3v) is 8.14. The van der Waals surface area contributed by atoms with E-state index in [-0.39, 0.29) is 5.91 Å². The van der Waals surface area contributed by atoms with Crippen LogP contribution in [0.4, 0.5) is 0 Å². The lowest BCUT2D eigenvalue weighted by Crippen LogP contribution is -2.34. The molecule has 0 bridgehead atoms. The van der Waals surface area contributed by atoms with Crippen molar-refractivity contribution in [2.24, 2.45) is 0 Å². The van der Waals surface area contributed by atoms with Gasteiger partial charge >= 0.3 is 0 Å². The summed E-state index contributed by atoms with van der Waals surface area (Å²) in [6.45, 7) is 6.82. The Morgan fingerprint density at radius 2 is 1.32 bits per heavy atom. The standard InChI is InChI=1S/C38H55N2O4/c1-5-7-8-9-10-11-12-13-14-15-16-19-27-44-36-25-24-32(28-37(36)43-4)30-40(31-33-21-20-26-39(6-2)29-33)38(41)34-22-17-18-23-35(34)42-3/h17-18,20-26,28-29H,5-16,19,27,30-31H2,1-4H3/q+1. The van der Waals surface area contributed by atoms with E-state index >= 15 is 0 Å². The number of para-hydroxylation sites is 1. The van der Waals surface area contributed by atoms with E-state index in [2.05, 4.69) is 30.7 Å². The number of ether oxygens (including phenoxy) is 3. The van der Waals surface area contributed by atoms with E-state index in [4.69, 9.17) is 14.2 Å². The van der Waals surface area contributed by atoms with Crippen molar-refractivity contribution >= 4 is 5.91 Å². The first kappa shape index (κ1) is 34.9. The number of carbonyl (C=O) groups is 1. The van der Waals surface area contributed by atoms with Gasteiger partial charge in [0.1, 0.15) is 12.3 Å². The Morgan fingerprint density at radius 1 is 0.682 bits per heavy atom. The number of unbranched alkanes of at least 4 members (excludes halogenated alkanes) is 11. The minimum absolute atomic E-state index is 0.0828. The van der Waals surface area contributed by atoms with Gasteiger partial charge in [0.2, 0.25) is 0 Å². The van der Waals surface area contributed by atoms with Crippen LogP contribution >= 0.6 is 0 Å². The van der Waals surface area contributed by atoms with Gasteiger partial charge < -0.3 is 19.1 Å². The van der Waals surface area contributed by atoms with Crippen molar-refractivity contribution in [3.05, 3.63) is 83.7 Å². The molecule has 0 aliphatic heterocycles. The molecule has 44 heavy (non-hydrogen) atoms. The number of aromatic nitrogens is 1. The number of carbonyl (C=O) groups excluding carboxylic acids is 1. The Bertz CT molecular complexity index is 1250. The van der Waals surface area contributed by atoms with Gasteiger partial charge in [-0.2, -0.15) is 0 Å². The smallest absolute Gasteiger partial charge is 0.258 e. The predicted octanol–water partition coefficient (Wildman–Crippen LogP) is 8.93. The highest BCUT2D eigenvalue weighted by molar-refractivity contribution is 5.96. The zero-order chi connectivity index (χ0) is 31.4. The van der Waals surface area contributed by atoms with Crippen LogP contribution in [-0.2, 0) is 19.6 Å². The summed E-state index contributed by atoms with van der Waals surface area (Å²) >= 11 is 0.